The Balaban J connectivity index is 2.10. The number of hydrogen-bond donors (Lipinski definition) is 1. The number of nitrogens with one attached hydrogen (secondary N) is 1. The third kappa shape index (κ3) is 2.73. The molecule has 2 amide bonds. The molecule has 1 fully saturated rings. The Kier molecular flexibility index (Phi) is 4.09. The van der Waals surface area contributed by atoms with Gasteiger partial charge < -0.3 is 19.5 Å². The van der Waals surface area contributed by atoms with Crippen LogP contribution < -0.4 is 5.32 Å². The number of aromatic nitrogens is 1. The first-order valence-corrected chi connectivity index (χ1v) is 6.69. The molecule has 1 aromatic rings. The summed E-state index contributed by atoms with van der Waals surface area (Å²) in [6.07, 6.45) is 0.750. The van der Waals surface area contributed by atoms with Crippen LogP contribution in [-0.4, -0.2) is 41.4 Å². The van der Waals surface area contributed by atoms with E-state index in [0.29, 0.717) is 36.7 Å². The number of anilines is 1. The summed E-state index contributed by atoms with van der Waals surface area (Å²) in [6, 6.07) is -0.0670. The molecule has 2 rings (SSSR count). The highest BCUT2D eigenvalue weighted by molar-refractivity contribution is 5.90. The van der Waals surface area contributed by atoms with Gasteiger partial charge in [0.05, 0.1) is 18.8 Å². The maximum atomic E-state index is 12.3. The first kappa shape index (κ1) is 13.9. The molecular weight excluding hydrogens is 246 g/mol. The van der Waals surface area contributed by atoms with Gasteiger partial charge >= 0.3 is 6.03 Å². The summed E-state index contributed by atoms with van der Waals surface area (Å²) in [6.45, 7) is 8.93. The van der Waals surface area contributed by atoms with Crippen LogP contribution in [0.5, 0.6) is 0 Å². The summed E-state index contributed by atoms with van der Waals surface area (Å²) >= 11 is 0. The van der Waals surface area contributed by atoms with Gasteiger partial charge in [-0.1, -0.05) is 12.1 Å². The number of morpholine rings is 1. The fraction of sp³-hybridized carbons (Fsp3) is 0.692. The van der Waals surface area contributed by atoms with E-state index in [1.807, 2.05) is 27.7 Å². The van der Waals surface area contributed by atoms with Gasteiger partial charge in [-0.3, -0.25) is 0 Å². The van der Waals surface area contributed by atoms with Crippen molar-refractivity contribution < 1.29 is 14.1 Å². The maximum Gasteiger partial charge on any atom is 0.322 e. The average molecular weight is 267 g/mol. The van der Waals surface area contributed by atoms with Crippen LogP contribution in [-0.2, 0) is 11.2 Å². The largest absolute Gasteiger partial charge is 0.375 e. The van der Waals surface area contributed by atoms with Crippen LogP contribution >= 0.6 is 0 Å². The number of amides is 2. The molecule has 0 spiro atoms. The van der Waals surface area contributed by atoms with Crippen molar-refractivity contribution in [3.8, 4) is 0 Å². The first-order valence-electron chi connectivity index (χ1n) is 6.69. The molecule has 19 heavy (non-hydrogen) atoms. The molecule has 1 aliphatic heterocycles. The van der Waals surface area contributed by atoms with E-state index >= 15 is 0 Å². The number of rotatable bonds is 2. The topological polar surface area (TPSA) is 67.6 Å². The molecule has 6 heteroatoms. The van der Waals surface area contributed by atoms with Crippen LogP contribution in [0.3, 0.4) is 0 Å². The van der Waals surface area contributed by atoms with E-state index in [-0.39, 0.29) is 18.2 Å². The van der Waals surface area contributed by atoms with Crippen molar-refractivity contribution in [3.05, 3.63) is 11.5 Å². The van der Waals surface area contributed by atoms with E-state index in [0.717, 1.165) is 0 Å². The lowest BCUT2D eigenvalue weighted by atomic mass is 10.1. The Bertz CT molecular complexity index is 458. The van der Waals surface area contributed by atoms with Gasteiger partial charge in [-0.25, -0.2) is 4.79 Å². The summed E-state index contributed by atoms with van der Waals surface area (Å²) < 4.78 is 10.7. The minimum atomic E-state index is -0.122. The highest BCUT2D eigenvalue weighted by Gasteiger charge is 2.30. The van der Waals surface area contributed by atoms with Crippen molar-refractivity contribution in [1.82, 2.24) is 10.1 Å². The molecule has 1 N–H and O–H groups in total. The van der Waals surface area contributed by atoms with Crippen LogP contribution in [0.15, 0.2) is 4.52 Å². The summed E-state index contributed by atoms with van der Waals surface area (Å²) in [4.78, 5) is 14.1. The van der Waals surface area contributed by atoms with Gasteiger partial charge in [0.25, 0.3) is 0 Å². The third-order valence-electron chi connectivity index (χ3n) is 3.63. The van der Waals surface area contributed by atoms with E-state index in [4.69, 9.17) is 9.26 Å². The lowest BCUT2D eigenvalue weighted by Gasteiger charge is -2.37. The Morgan fingerprint density at radius 2 is 2.26 bits per heavy atom. The van der Waals surface area contributed by atoms with Crippen LogP contribution in [0.25, 0.3) is 0 Å². The van der Waals surface area contributed by atoms with Gasteiger partial charge in [0, 0.05) is 13.0 Å². The minimum Gasteiger partial charge on any atom is -0.375 e. The maximum absolute atomic E-state index is 12.3. The smallest absolute Gasteiger partial charge is 0.322 e. The molecule has 0 unspecified atom stereocenters. The normalized spacial score (nSPS) is 23.5. The van der Waals surface area contributed by atoms with Crippen LogP contribution in [0.2, 0.25) is 0 Å². The number of urea groups is 1. The Hall–Kier alpha value is -1.56. The van der Waals surface area contributed by atoms with Crippen molar-refractivity contribution in [2.75, 3.05) is 18.5 Å². The molecule has 0 aliphatic carbocycles. The molecule has 1 aliphatic rings. The van der Waals surface area contributed by atoms with Gasteiger partial charge in [0.2, 0.25) is 0 Å². The quantitative estimate of drug-likeness (QED) is 0.891. The van der Waals surface area contributed by atoms with Crippen LogP contribution in [0.4, 0.5) is 10.5 Å². The van der Waals surface area contributed by atoms with Crippen molar-refractivity contribution in [1.29, 1.82) is 0 Å². The molecule has 0 aromatic carbocycles. The van der Waals surface area contributed by atoms with E-state index in [9.17, 15) is 4.79 Å². The van der Waals surface area contributed by atoms with Crippen molar-refractivity contribution in [2.45, 2.75) is 46.3 Å². The molecule has 1 saturated heterocycles. The molecule has 2 atom stereocenters. The fourth-order valence-corrected chi connectivity index (χ4v) is 2.22. The number of aryl methyl sites for hydroxylation is 2. The molecule has 0 radical (unpaired) electrons. The molecule has 0 saturated carbocycles. The summed E-state index contributed by atoms with van der Waals surface area (Å²) in [5.74, 6) is 0.708. The van der Waals surface area contributed by atoms with Crippen molar-refractivity contribution >= 4 is 11.7 Å². The molecule has 106 valence electrons. The predicted molar refractivity (Wildman–Crippen MR) is 71.2 cm³/mol. The standard InChI is InChI=1S/C13H21N3O3/c1-5-11-12(8(2)15-19-11)14-13(17)16-6-7-18-10(4)9(16)3/h9-10H,5-7H2,1-4H3,(H,14,17)/t9-,10+/m0/s1. The summed E-state index contributed by atoms with van der Waals surface area (Å²) in [7, 11) is 0. The minimum absolute atomic E-state index is 0.0497. The van der Waals surface area contributed by atoms with Crippen molar-refractivity contribution in [2.24, 2.45) is 0 Å². The zero-order valence-electron chi connectivity index (χ0n) is 11.9. The van der Waals surface area contributed by atoms with Gasteiger partial charge in [-0.15, -0.1) is 0 Å². The van der Waals surface area contributed by atoms with Gasteiger partial charge in [0.15, 0.2) is 5.76 Å². The molecule has 6 nitrogen and oxygen atoms in total. The molecule has 0 bridgehead atoms. The Morgan fingerprint density at radius 3 is 2.95 bits per heavy atom. The Labute approximate surface area is 113 Å². The summed E-state index contributed by atoms with van der Waals surface area (Å²) in [5.41, 5.74) is 1.40. The third-order valence-corrected chi connectivity index (χ3v) is 3.63. The molecular formula is C13H21N3O3. The lowest BCUT2D eigenvalue weighted by molar-refractivity contribution is -0.0355. The predicted octanol–water partition coefficient (Wildman–Crippen LogP) is 2.19. The van der Waals surface area contributed by atoms with E-state index in [2.05, 4.69) is 10.5 Å². The highest BCUT2D eigenvalue weighted by Crippen LogP contribution is 2.22. The number of carbonyl (C=O) groups excluding carboxylic acids is 1. The number of hydrogen-bond acceptors (Lipinski definition) is 4. The lowest BCUT2D eigenvalue weighted by Crippen LogP contribution is -2.52. The second kappa shape index (κ2) is 5.61. The highest BCUT2D eigenvalue weighted by atomic mass is 16.5. The monoisotopic (exact) mass is 267 g/mol. The van der Waals surface area contributed by atoms with E-state index in [1.165, 1.54) is 0 Å². The second-order valence-electron chi connectivity index (χ2n) is 4.86. The number of ether oxygens (including phenoxy) is 1. The van der Waals surface area contributed by atoms with Crippen LogP contribution in [0, 0.1) is 6.92 Å². The van der Waals surface area contributed by atoms with Gasteiger partial charge in [0.1, 0.15) is 11.4 Å². The molecule has 1 aromatic heterocycles. The van der Waals surface area contributed by atoms with Gasteiger partial charge in [-0.2, -0.15) is 0 Å². The Morgan fingerprint density at radius 1 is 1.53 bits per heavy atom. The average Bonchev–Trinajstić information content (AvgIpc) is 2.74. The molecule has 2 heterocycles. The zero-order valence-corrected chi connectivity index (χ0v) is 11.9. The second-order valence-corrected chi connectivity index (χ2v) is 4.86. The van der Waals surface area contributed by atoms with E-state index in [1.54, 1.807) is 4.90 Å². The number of nitrogens with zero attached hydrogens (tertiary/aromatic N) is 2. The number of carbonyl (C=O) groups is 1. The van der Waals surface area contributed by atoms with E-state index < -0.39 is 0 Å². The van der Waals surface area contributed by atoms with Crippen molar-refractivity contribution in [3.63, 3.8) is 0 Å². The van der Waals surface area contributed by atoms with Crippen LogP contribution in [0.1, 0.15) is 32.2 Å². The fourth-order valence-electron chi connectivity index (χ4n) is 2.22. The van der Waals surface area contributed by atoms with Gasteiger partial charge in [-0.05, 0) is 20.8 Å². The SMILES string of the molecule is CCc1onc(C)c1NC(=O)N1CCO[C@H](C)[C@@H]1C. The zero-order chi connectivity index (χ0) is 14.0. The summed E-state index contributed by atoms with van der Waals surface area (Å²) in [5, 5.41) is 6.79. The first-order chi connectivity index (χ1) is 9.04.